The zero-order chi connectivity index (χ0) is 28.6. The number of anilines is 1. The zero-order valence-electron chi connectivity index (χ0n) is 19.9. The molecule has 3 atom stereocenters. The molecule has 0 radical (unpaired) electrons. The summed E-state index contributed by atoms with van der Waals surface area (Å²) in [5.41, 5.74) is -5.39. The average Bonchev–Trinajstić information content (AvgIpc) is 2.82. The number of hydrogen-bond donors (Lipinski definition) is 0. The molecule has 1 heterocycles. The minimum Gasteiger partial charge on any atom is -0.449 e. The van der Waals surface area contributed by atoms with Crippen molar-refractivity contribution in [3.8, 4) is 6.07 Å². The van der Waals surface area contributed by atoms with Gasteiger partial charge in [0.2, 0.25) is 0 Å². The third kappa shape index (κ3) is 5.84. The van der Waals surface area contributed by atoms with Crippen LogP contribution in [0.25, 0.3) is 0 Å². The van der Waals surface area contributed by atoms with Gasteiger partial charge in [-0.2, -0.15) is 44.8 Å². The molecule has 2 aromatic rings. The number of carbonyl (C=O) groups excluding carboxylic acids is 1. The molecule has 0 fully saturated rings. The van der Waals surface area contributed by atoms with Gasteiger partial charge in [-0.25, -0.2) is 4.79 Å². The van der Waals surface area contributed by atoms with Gasteiger partial charge >= 0.3 is 24.6 Å². The molecule has 1 amide bonds. The molecule has 0 aromatic heterocycles. The van der Waals surface area contributed by atoms with Crippen LogP contribution < -0.4 is 4.90 Å². The molecule has 0 saturated carbocycles. The Morgan fingerprint density at radius 2 is 1.50 bits per heavy atom. The molecule has 0 unspecified atom stereocenters. The van der Waals surface area contributed by atoms with Crippen molar-refractivity contribution in [2.75, 3.05) is 11.5 Å². The number of nitriles is 1. The van der Waals surface area contributed by atoms with E-state index in [0.29, 0.717) is 24.3 Å². The minimum atomic E-state index is -5.18. The number of ether oxygens (including phenoxy) is 1. The third-order valence-electron chi connectivity index (χ3n) is 6.35. The number of fused-ring (bicyclic) bond motifs is 1. The predicted octanol–water partition coefficient (Wildman–Crippen LogP) is 8.28. The fourth-order valence-corrected chi connectivity index (χ4v) is 4.63. The lowest BCUT2D eigenvalue weighted by atomic mass is 9.74. The highest BCUT2D eigenvalue weighted by molar-refractivity contribution is 5.90. The van der Waals surface area contributed by atoms with E-state index in [9.17, 15) is 49.6 Å². The summed E-state index contributed by atoms with van der Waals surface area (Å²) in [4.78, 5) is 13.8. The van der Waals surface area contributed by atoms with Crippen LogP contribution >= 0.6 is 0 Å². The Bertz CT molecular complexity index is 1200. The topological polar surface area (TPSA) is 53.3 Å². The molecule has 1 aliphatic rings. The number of benzene rings is 2. The lowest BCUT2D eigenvalue weighted by molar-refractivity contribution is -0.143. The van der Waals surface area contributed by atoms with Crippen LogP contribution in [0.1, 0.15) is 66.3 Å². The van der Waals surface area contributed by atoms with Gasteiger partial charge in [0, 0.05) is 12.0 Å². The molecule has 0 aliphatic carbocycles. The van der Waals surface area contributed by atoms with Gasteiger partial charge in [0.05, 0.1) is 41.0 Å². The van der Waals surface area contributed by atoms with E-state index >= 15 is 0 Å². The Morgan fingerprint density at radius 3 is 1.95 bits per heavy atom. The van der Waals surface area contributed by atoms with E-state index < -0.39 is 64.8 Å². The fraction of sp³-hybridized carbons (Fsp3) is 0.440. The monoisotopic (exact) mass is 552 g/mol. The van der Waals surface area contributed by atoms with Crippen molar-refractivity contribution in [3.63, 3.8) is 0 Å². The van der Waals surface area contributed by atoms with Crippen LogP contribution in [0.4, 0.5) is 50.0 Å². The number of nitrogens with zero attached hydrogens (tertiary/aromatic N) is 2. The van der Waals surface area contributed by atoms with Crippen LogP contribution in [-0.4, -0.2) is 18.7 Å². The number of rotatable bonds is 4. The number of amides is 1. The molecule has 0 bridgehead atoms. The second-order valence-electron chi connectivity index (χ2n) is 8.69. The van der Waals surface area contributed by atoms with Gasteiger partial charge in [0.15, 0.2) is 0 Å². The first-order valence-electron chi connectivity index (χ1n) is 11.4. The van der Waals surface area contributed by atoms with Gasteiger partial charge in [-0.1, -0.05) is 6.92 Å². The SMILES string of the molecule is CCOC(=O)N1c2ccc(C(F)(F)F)cc2[C@H]([C@@H](C#N)c2cc(C(F)(F)F)cc(C(F)(F)F)c2)C[C@@H]1CC. The number of carbonyl (C=O) groups is 1. The van der Waals surface area contributed by atoms with Crippen LogP contribution in [0, 0.1) is 11.3 Å². The van der Waals surface area contributed by atoms with Crippen molar-refractivity contribution in [1.29, 1.82) is 5.26 Å². The van der Waals surface area contributed by atoms with E-state index in [1.54, 1.807) is 13.0 Å². The van der Waals surface area contributed by atoms with E-state index in [1.165, 1.54) is 6.92 Å². The molecule has 0 saturated heterocycles. The van der Waals surface area contributed by atoms with E-state index in [0.717, 1.165) is 11.0 Å². The van der Waals surface area contributed by atoms with Crippen LogP contribution in [-0.2, 0) is 23.3 Å². The number of hydrogen-bond acceptors (Lipinski definition) is 3. The van der Waals surface area contributed by atoms with Gasteiger partial charge in [0.1, 0.15) is 0 Å². The smallest absolute Gasteiger partial charge is 0.416 e. The zero-order valence-corrected chi connectivity index (χ0v) is 19.9. The largest absolute Gasteiger partial charge is 0.449 e. The summed E-state index contributed by atoms with van der Waals surface area (Å²) >= 11 is 0. The standard InChI is InChI=1S/C25H21F9N2O2/c1-3-17-11-18(19-10-14(23(26,27)28)5-6-21(19)36(17)22(37)38-4-2)20(12-35)13-7-15(24(29,30)31)9-16(8-13)25(32,33)34/h5-10,17-18,20H,3-4,11H2,1-2H3/t17-,18+,20-/m0/s1. The molecule has 4 nitrogen and oxygen atoms in total. The highest BCUT2D eigenvalue weighted by atomic mass is 19.4. The summed E-state index contributed by atoms with van der Waals surface area (Å²) in [6.07, 6.45) is -16.1. The van der Waals surface area contributed by atoms with Gasteiger partial charge in [-0.05, 0) is 67.3 Å². The van der Waals surface area contributed by atoms with Crippen molar-refractivity contribution in [2.24, 2.45) is 0 Å². The second-order valence-corrected chi connectivity index (χ2v) is 8.69. The lowest BCUT2D eigenvalue weighted by Crippen LogP contribution is -2.45. The van der Waals surface area contributed by atoms with Crippen molar-refractivity contribution < 1.29 is 49.0 Å². The Morgan fingerprint density at radius 1 is 0.947 bits per heavy atom. The van der Waals surface area contributed by atoms with Crippen molar-refractivity contribution in [1.82, 2.24) is 0 Å². The quantitative estimate of drug-likeness (QED) is 0.359. The van der Waals surface area contributed by atoms with Gasteiger partial charge in [-0.3, -0.25) is 4.90 Å². The van der Waals surface area contributed by atoms with Crippen LogP contribution in [0.15, 0.2) is 36.4 Å². The molecular weight excluding hydrogens is 531 g/mol. The Hall–Kier alpha value is -3.43. The molecule has 0 spiro atoms. The fourth-order valence-electron chi connectivity index (χ4n) is 4.63. The highest BCUT2D eigenvalue weighted by Crippen LogP contribution is 2.49. The second kappa shape index (κ2) is 10.4. The number of alkyl halides is 9. The molecule has 0 N–H and O–H groups in total. The highest BCUT2D eigenvalue weighted by Gasteiger charge is 2.43. The normalized spacial score (nSPS) is 18.9. The van der Waals surface area contributed by atoms with Crippen LogP contribution in [0.3, 0.4) is 0 Å². The van der Waals surface area contributed by atoms with Gasteiger partial charge in [0.25, 0.3) is 0 Å². The van der Waals surface area contributed by atoms with Crippen LogP contribution in [0.2, 0.25) is 0 Å². The first-order valence-corrected chi connectivity index (χ1v) is 11.4. The molecule has 13 heteroatoms. The van der Waals surface area contributed by atoms with Crippen molar-refractivity contribution in [2.45, 2.75) is 63.1 Å². The van der Waals surface area contributed by atoms with Gasteiger partial charge in [-0.15, -0.1) is 0 Å². The maximum absolute atomic E-state index is 13.6. The Kier molecular flexibility index (Phi) is 7.96. The average molecular weight is 552 g/mol. The van der Waals surface area contributed by atoms with E-state index in [1.807, 2.05) is 0 Å². The van der Waals surface area contributed by atoms with E-state index in [4.69, 9.17) is 4.74 Å². The molecule has 3 rings (SSSR count). The van der Waals surface area contributed by atoms with E-state index in [-0.39, 0.29) is 36.8 Å². The summed E-state index contributed by atoms with van der Waals surface area (Å²) < 4.78 is 126. The van der Waals surface area contributed by atoms with Crippen molar-refractivity contribution in [3.05, 3.63) is 64.2 Å². The predicted molar refractivity (Wildman–Crippen MR) is 117 cm³/mol. The molecule has 2 aromatic carbocycles. The summed E-state index contributed by atoms with van der Waals surface area (Å²) in [7, 11) is 0. The molecule has 38 heavy (non-hydrogen) atoms. The lowest BCUT2D eigenvalue weighted by Gasteiger charge is -2.41. The third-order valence-corrected chi connectivity index (χ3v) is 6.35. The Balaban J connectivity index is 2.28. The minimum absolute atomic E-state index is 0.0591. The molecule has 206 valence electrons. The van der Waals surface area contributed by atoms with Gasteiger partial charge < -0.3 is 4.74 Å². The Labute approximate surface area is 211 Å². The summed E-state index contributed by atoms with van der Waals surface area (Å²) in [5.74, 6) is -2.96. The summed E-state index contributed by atoms with van der Waals surface area (Å²) in [6.45, 7) is 3.09. The molecule has 1 aliphatic heterocycles. The summed E-state index contributed by atoms with van der Waals surface area (Å²) in [5, 5.41) is 9.95. The molecular formula is C25H21F9N2O2. The maximum Gasteiger partial charge on any atom is 0.416 e. The van der Waals surface area contributed by atoms with E-state index in [2.05, 4.69) is 0 Å². The maximum atomic E-state index is 13.6. The first kappa shape index (κ1) is 29.1. The van der Waals surface area contributed by atoms with Crippen molar-refractivity contribution >= 4 is 11.8 Å². The summed E-state index contributed by atoms with van der Waals surface area (Å²) in [6, 6.07) is 4.02. The number of halogens is 9. The van der Waals surface area contributed by atoms with Crippen LogP contribution in [0.5, 0.6) is 0 Å². The first-order chi connectivity index (χ1) is 17.5.